The molecule has 0 aliphatic carbocycles. The quantitative estimate of drug-likeness (QED) is 0.740. The molecular weight excluding hydrogens is 389 g/mol. The number of hydrogen-bond donors (Lipinski definition) is 1. The molecular formula is C22H22FN3O2S. The smallest absolute Gasteiger partial charge is 0.264 e. The first-order valence-corrected chi connectivity index (χ1v) is 10.4. The molecule has 0 saturated carbocycles. The number of methoxy groups -OCH3 is 1. The van der Waals surface area contributed by atoms with E-state index in [0.717, 1.165) is 30.1 Å². The summed E-state index contributed by atoms with van der Waals surface area (Å²) in [5.74, 6) is 0.202. The molecule has 4 rings (SSSR count). The van der Waals surface area contributed by atoms with Crippen LogP contribution in [0, 0.1) is 5.82 Å². The van der Waals surface area contributed by atoms with Gasteiger partial charge in [0.15, 0.2) is 5.17 Å². The van der Waals surface area contributed by atoms with Gasteiger partial charge in [-0.3, -0.25) is 4.79 Å². The van der Waals surface area contributed by atoms with Gasteiger partial charge in [-0.15, -0.1) is 0 Å². The maximum atomic E-state index is 13.0. The molecule has 1 N–H and O–H groups in total. The minimum Gasteiger partial charge on any atom is -0.496 e. The molecule has 1 amide bonds. The van der Waals surface area contributed by atoms with Crippen molar-refractivity contribution in [3.05, 3.63) is 58.8 Å². The highest BCUT2D eigenvalue weighted by Crippen LogP contribution is 2.33. The van der Waals surface area contributed by atoms with E-state index in [1.54, 1.807) is 19.2 Å². The number of amides is 1. The van der Waals surface area contributed by atoms with Crippen LogP contribution in [-0.2, 0) is 4.79 Å². The zero-order valence-electron chi connectivity index (χ0n) is 16.2. The average molecular weight is 412 g/mol. The van der Waals surface area contributed by atoms with Crippen molar-refractivity contribution in [1.29, 1.82) is 0 Å². The molecule has 2 aromatic carbocycles. The fraction of sp³-hybridized carbons (Fsp3) is 0.273. The van der Waals surface area contributed by atoms with Crippen LogP contribution in [0.4, 0.5) is 15.8 Å². The summed E-state index contributed by atoms with van der Waals surface area (Å²) in [6, 6.07) is 11.9. The summed E-state index contributed by atoms with van der Waals surface area (Å²) in [6.07, 6.45) is 5.51. The molecule has 2 aromatic rings. The van der Waals surface area contributed by atoms with Gasteiger partial charge < -0.3 is 15.0 Å². The molecule has 2 fully saturated rings. The van der Waals surface area contributed by atoms with Crippen LogP contribution in [0.15, 0.2) is 52.4 Å². The van der Waals surface area contributed by atoms with Crippen LogP contribution in [0.25, 0.3) is 6.08 Å². The Balaban J connectivity index is 1.55. The third kappa shape index (κ3) is 4.62. The van der Waals surface area contributed by atoms with Crippen molar-refractivity contribution >= 4 is 40.3 Å². The van der Waals surface area contributed by atoms with Crippen molar-refractivity contribution in [2.45, 2.75) is 19.3 Å². The number of piperidine rings is 1. The third-order valence-corrected chi connectivity index (χ3v) is 5.84. The second-order valence-corrected chi connectivity index (χ2v) is 7.96. The highest BCUT2D eigenvalue weighted by molar-refractivity contribution is 8.18. The summed E-state index contributed by atoms with van der Waals surface area (Å²) in [5.41, 5.74) is 2.57. The molecule has 0 aromatic heterocycles. The van der Waals surface area contributed by atoms with Crippen LogP contribution < -0.4 is 15.0 Å². The van der Waals surface area contributed by atoms with E-state index in [1.807, 2.05) is 18.2 Å². The zero-order chi connectivity index (χ0) is 20.2. The number of thioether (sulfide) groups is 1. The molecule has 7 heteroatoms. The fourth-order valence-corrected chi connectivity index (χ4v) is 4.26. The van der Waals surface area contributed by atoms with E-state index in [0.29, 0.717) is 15.8 Å². The Hall–Kier alpha value is -2.80. The van der Waals surface area contributed by atoms with Crippen LogP contribution in [0.5, 0.6) is 5.75 Å². The third-order valence-electron chi connectivity index (χ3n) is 4.93. The van der Waals surface area contributed by atoms with E-state index in [-0.39, 0.29) is 11.7 Å². The summed E-state index contributed by atoms with van der Waals surface area (Å²) < 4.78 is 18.6. The molecule has 2 aliphatic heterocycles. The molecule has 0 unspecified atom stereocenters. The van der Waals surface area contributed by atoms with Crippen molar-refractivity contribution < 1.29 is 13.9 Å². The first kappa shape index (κ1) is 19.5. The van der Waals surface area contributed by atoms with Gasteiger partial charge in [0.2, 0.25) is 0 Å². The molecule has 150 valence electrons. The van der Waals surface area contributed by atoms with Gasteiger partial charge in [0, 0.05) is 30.4 Å². The van der Waals surface area contributed by atoms with E-state index in [9.17, 15) is 9.18 Å². The first-order valence-electron chi connectivity index (χ1n) is 9.60. The topological polar surface area (TPSA) is 53.9 Å². The molecule has 0 radical (unpaired) electrons. The van der Waals surface area contributed by atoms with Crippen LogP contribution >= 0.6 is 11.8 Å². The second kappa shape index (κ2) is 8.69. The molecule has 29 heavy (non-hydrogen) atoms. The number of benzene rings is 2. The summed E-state index contributed by atoms with van der Waals surface area (Å²) in [5, 5.41) is 3.22. The normalized spacial score (nSPS) is 19.7. The Morgan fingerprint density at radius 3 is 2.62 bits per heavy atom. The lowest BCUT2D eigenvalue weighted by Crippen LogP contribution is -2.29. The summed E-state index contributed by atoms with van der Waals surface area (Å²) in [6.45, 7) is 2.12. The van der Waals surface area contributed by atoms with E-state index < -0.39 is 0 Å². The number of ether oxygens (including phenoxy) is 1. The number of carbonyl (C=O) groups excluding carboxylic acids is 1. The van der Waals surface area contributed by atoms with Crippen molar-refractivity contribution in [2.24, 2.45) is 4.99 Å². The number of anilines is 1. The van der Waals surface area contributed by atoms with Crippen molar-refractivity contribution in [2.75, 3.05) is 25.1 Å². The van der Waals surface area contributed by atoms with E-state index >= 15 is 0 Å². The van der Waals surface area contributed by atoms with Gasteiger partial charge in [-0.1, -0.05) is 0 Å². The number of rotatable bonds is 4. The predicted molar refractivity (Wildman–Crippen MR) is 116 cm³/mol. The predicted octanol–water partition coefficient (Wildman–Crippen LogP) is 4.72. The molecule has 5 nitrogen and oxygen atoms in total. The number of halogens is 1. The number of hydrogen-bond acceptors (Lipinski definition) is 5. The molecule has 2 heterocycles. The lowest BCUT2D eigenvalue weighted by atomic mass is 10.1. The summed E-state index contributed by atoms with van der Waals surface area (Å²) in [7, 11) is 1.64. The van der Waals surface area contributed by atoms with Gasteiger partial charge in [0.05, 0.1) is 17.7 Å². The second-order valence-electron chi connectivity index (χ2n) is 6.93. The van der Waals surface area contributed by atoms with Gasteiger partial charge in [0.25, 0.3) is 5.91 Å². The van der Waals surface area contributed by atoms with E-state index in [1.165, 1.54) is 43.2 Å². The number of nitrogens with zero attached hydrogens (tertiary/aromatic N) is 2. The van der Waals surface area contributed by atoms with Gasteiger partial charge in [-0.25, -0.2) is 9.38 Å². The number of carbonyl (C=O) groups is 1. The largest absolute Gasteiger partial charge is 0.496 e. The van der Waals surface area contributed by atoms with E-state index in [2.05, 4.69) is 21.3 Å². The van der Waals surface area contributed by atoms with E-state index in [4.69, 9.17) is 4.74 Å². The number of nitrogens with one attached hydrogen (secondary N) is 1. The van der Waals surface area contributed by atoms with Gasteiger partial charge in [-0.2, -0.15) is 0 Å². The summed E-state index contributed by atoms with van der Waals surface area (Å²) >= 11 is 1.25. The van der Waals surface area contributed by atoms with Crippen LogP contribution in [0.2, 0.25) is 0 Å². The Morgan fingerprint density at radius 2 is 1.90 bits per heavy atom. The summed E-state index contributed by atoms with van der Waals surface area (Å²) in [4.78, 5) is 19.6. The fourth-order valence-electron chi connectivity index (χ4n) is 3.42. The van der Waals surface area contributed by atoms with Crippen molar-refractivity contribution in [3.8, 4) is 5.75 Å². The maximum absolute atomic E-state index is 13.0. The lowest BCUT2D eigenvalue weighted by Gasteiger charge is -2.29. The standard InChI is InChI=1S/C22H22FN3O2S/c1-28-19-14-18(26-11-3-2-4-12-26)10-5-15(19)13-20-21(27)25-22(29-20)24-17-8-6-16(23)7-9-17/h5-10,13-14H,2-4,11-12H2,1H3,(H,24,25,27)/b20-13-. The van der Waals surface area contributed by atoms with Gasteiger partial charge in [0.1, 0.15) is 11.6 Å². The molecule has 2 saturated heterocycles. The average Bonchev–Trinajstić information content (AvgIpc) is 3.09. The van der Waals surface area contributed by atoms with Crippen LogP contribution in [0.3, 0.4) is 0 Å². The maximum Gasteiger partial charge on any atom is 0.264 e. The Morgan fingerprint density at radius 1 is 1.14 bits per heavy atom. The van der Waals surface area contributed by atoms with Crippen LogP contribution in [-0.4, -0.2) is 31.3 Å². The highest BCUT2D eigenvalue weighted by atomic mass is 32.2. The first-order chi connectivity index (χ1) is 14.1. The Kier molecular flexibility index (Phi) is 5.85. The van der Waals surface area contributed by atoms with Gasteiger partial charge in [-0.05, 0) is 73.5 Å². The van der Waals surface area contributed by atoms with Crippen LogP contribution in [0.1, 0.15) is 24.8 Å². The number of aliphatic imine (C=N–C) groups is 1. The monoisotopic (exact) mass is 411 g/mol. The van der Waals surface area contributed by atoms with Gasteiger partial charge >= 0.3 is 0 Å². The minimum absolute atomic E-state index is 0.210. The lowest BCUT2D eigenvalue weighted by molar-refractivity contribution is -0.115. The Labute approximate surface area is 173 Å². The number of amidine groups is 1. The van der Waals surface area contributed by atoms with Crippen molar-refractivity contribution in [1.82, 2.24) is 5.32 Å². The molecule has 0 atom stereocenters. The molecule has 0 bridgehead atoms. The SMILES string of the molecule is COc1cc(N2CCCCC2)ccc1/C=C1\SC(=Nc2ccc(F)cc2)NC1=O. The zero-order valence-corrected chi connectivity index (χ0v) is 17.0. The molecule has 2 aliphatic rings. The molecule has 0 spiro atoms. The Bertz CT molecular complexity index is 967. The van der Waals surface area contributed by atoms with Crippen molar-refractivity contribution in [3.63, 3.8) is 0 Å². The highest BCUT2D eigenvalue weighted by Gasteiger charge is 2.24. The minimum atomic E-state index is -0.322.